The van der Waals surface area contributed by atoms with Crippen LogP contribution < -0.4 is 17.0 Å². The summed E-state index contributed by atoms with van der Waals surface area (Å²) in [5, 5.41) is 11.1. The van der Waals surface area contributed by atoms with Gasteiger partial charge in [-0.05, 0) is 24.6 Å². The summed E-state index contributed by atoms with van der Waals surface area (Å²) in [5.74, 6) is -0.954. The maximum absolute atomic E-state index is 12.9. The number of fused-ring (bicyclic) bond motifs is 1. The minimum absolute atomic E-state index is 0.0638. The summed E-state index contributed by atoms with van der Waals surface area (Å²) in [5.41, 5.74) is 6.10. The van der Waals surface area contributed by atoms with Gasteiger partial charge in [0.15, 0.2) is 0 Å². The first-order valence-corrected chi connectivity index (χ1v) is 8.67. The van der Waals surface area contributed by atoms with Crippen molar-refractivity contribution in [1.82, 2.24) is 0 Å². The number of hydrogen-bond acceptors (Lipinski definition) is 6. The average molecular weight is 375 g/mol. The molecule has 0 fully saturated rings. The van der Waals surface area contributed by atoms with Crippen LogP contribution in [0.25, 0.3) is 11.0 Å². The maximum atomic E-state index is 12.9. The van der Waals surface area contributed by atoms with Gasteiger partial charge >= 0.3 is 11.3 Å². The Morgan fingerprint density at radius 2 is 1.54 bits per heavy atom. The van der Waals surface area contributed by atoms with Crippen LogP contribution >= 0.6 is 0 Å². The fraction of sp³-hybridized carbons (Fsp3) is 0.0909. The van der Waals surface area contributed by atoms with E-state index < -0.39 is 17.2 Å². The average Bonchev–Trinajstić information content (AvgIpc) is 2.66. The second-order valence-electron chi connectivity index (χ2n) is 6.50. The first-order valence-electron chi connectivity index (χ1n) is 8.67. The fourth-order valence-electron chi connectivity index (χ4n) is 3.46. The third-order valence-electron chi connectivity index (χ3n) is 4.69. The van der Waals surface area contributed by atoms with Crippen molar-refractivity contribution in [2.75, 3.05) is 5.73 Å². The highest BCUT2D eigenvalue weighted by molar-refractivity contribution is 5.90. The predicted octanol–water partition coefficient (Wildman–Crippen LogP) is 3.52. The quantitative estimate of drug-likeness (QED) is 0.531. The molecular formula is C22H17NO5. The first-order chi connectivity index (χ1) is 13.5. The predicted molar refractivity (Wildman–Crippen MR) is 106 cm³/mol. The Bertz CT molecular complexity index is 1290. The fourth-order valence-corrected chi connectivity index (χ4v) is 3.46. The van der Waals surface area contributed by atoms with E-state index in [0.717, 1.165) is 0 Å². The SMILES string of the molecule is Cc1cc(O)c(C(c2ccccc2)c2c(N)c3ccccc3oc2=O)c(=O)o1. The molecule has 6 nitrogen and oxygen atoms in total. The molecule has 0 aliphatic carbocycles. The van der Waals surface area contributed by atoms with Gasteiger partial charge in [0.05, 0.1) is 22.7 Å². The number of benzene rings is 2. The summed E-state index contributed by atoms with van der Waals surface area (Å²) in [6, 6.07) is 17.1. The summed E-state index contributed by atoms with van der Waals surface area (Å²) in [4.78, 5) is 25.5. The molecule has 4 rings (SSSR count). The normalized spacial score (nSPS) is 12.2. The molecule has 0 spiro atoms. The molecule has 0 amide bonds. The van der Waals surface area contributed by atoms with Gasteiger partial charge < -0.3 is 19.7 Å². The van der Waals surface area contributed by atoms with E-state index >= 15 is 0 Å². The van der Waals surface area contributed by atoms with Gasteiger partial charge in [-0.1, -0.05) is 42.5 Å². The smallest absolute Gasteiger partial charge is 0.343 e. The maximum Gasteiger partial charge on any atom is 0.343 e. The van der Waals surface area contributed by atoms with Crippen molar-refractivity contribution in [3.8, 4) is 5.75 Å². The molecule has 28 heavy (non-hydrogen) atoms. The zero-order valence-corrected chi connectivity index (χ0v) is 15.0. The van der Waals surface area contributed by atoms with E-state index in [0.29, 0.717) is 16.5 Å². The second kappa shape index (κ2) is 6.74. The Kier molecular flexibility index (Phi) is 4.24. The molecule has 3 N–H and O–H groups in total. The van der Waals surface area contributed by atoms with Crippen molar-refractivity contribution in [3.63, 3.8) is 0 Å². The zero-order valence-electron chi connectivity index (χ0n) is 15.0. The minimum atomic E-state index is -0.945. The summed E-state index contributed by atoms with van der Waals surface area (Å²) < 4.78 is 10.6. The minimum Gasteiger partial charge on any atom is -0.507 e. The monoisotopic (exact) mass is 375 g/mol. The Morgan fingerprint density at radius 3 is 2.25 bits per heavy atom. The van der Waals surface area contributed by atoms with Gasteiger partial charge in [0, 0.05) is 11.5 Å². The summed E-state index contributed by atoms with van der Waals surface area (Å²) in [7, 11) is 0. The van der Waals surface area contributed by atoms with E-state index in [-0.39, 0.29) is 28.3 Å². The number of rotatable bonds is 3. The number of aromatic hydroxyl groups is 1. The third kappa shape index (κ3) is 2.85. The lowest BCUT2D eigenvalue weighted by molar-refractivity contribution is 0.420. The van der Waals surface area contributed by atoms with E-state index in [1.54, 1.807) is 55.5 Å². The number of aryl methyl sites for hydroxylation is 1. The number of para-hydroxylation sites is 1. The van der Waals surface area contributed by atoms with Gasteiger partial charge in [0.1, 0.15) is 17.1 Å². The lowest BCUT2D eigenvalue weighted by atomic mass is 9.85. The van der Waals surface area contributed by atoms with Gasteiger partial charge in [0.2, 0.25) is 0 Å². The van der Waals surface area contributed by atoms with Gasteiger partial charge in [-0.2, -0.15) is 0 Å². The van der Waals surface area contributed by atoms with Crippen LogP contribution in [0.5, 0.6) is 5.75 Å². The number of nitrogens with two attached hydrogens (primary N) is 1. The number of hydrogen-bond donors (Lipinski definition) is 2. The van der Waals surface area contributed by atoms with Crippen LogP contribution in [0, 0.1) is 6.92 Å². The molecule has 0 aliphatic heterocycles. The molecule has 2 aromatic carbocycles. The molecule has 140 valence electrons. The van der Waals surface area contributed by atoms with E-state index in [4.69, 9.17) is 14.6 Å². The number of nitrogen functional groups attached to an aromatic ring is 1. The van der Waals surface area contributed by atoms with Crippen molar-refractivity contribution in [2.24, 2.45) is 0 Å². The molecule has 0 saturated carbocycles. The summed E-state index contributed by atoms with van der Waals surface area (Å²) in [6.07, 6.45) is 0. The van der Waals surface area contributed by atoms with Gasteiger partial charge in [-0.25, -0.2) is 9.59 Å². The van der Waals surface area contributed by atoms with Gasteiger partial charge in [-0.15, -0.1) is 0 Å². The van der Waals surface area contributed by atoms with Crippen LogP contribution in [0.1, 0.15) is 28.4 Å². The highest BCUT2D eigenvalue weighted by Crippen LogP contribution is 2.38. The Labute approximate surface area is 159 Å². The molecule has 0 radical (unpaired) electrons. The van der Waals surface area contributed by atoms with Crippen molar-refractivity contribution < 1.29 is 13.9 Å². The Balaban J connectivity index is 2.11. The Hall–Kier alpha value is -3.80. The Morgan fingerprint density at radius 1 is 0.893 bits per heavy atom. The lowest BCUT2D eigenvalue weighted by Gasteiger charge is -2.19. The molecule has 2 heterocycles. The molecule has 6 heteroatoms. The summed E-state index contributed by atoms with van der Waals surface area (Å²) >= 11 is 0. The van der Waals surface area contributed by atoms with Crippen LogP contribution in [-0.2, 0) is 0 Å². The van der Waals surface area contributed by atoms with Crippen LogP contribution in [0.4, 0.5) is 5.69 Å². The van der Waals surface area contributed by atoms with Crippen molar-refractivity contribution in [2.45, 2.75) is 12.8 Å². The molecule has 0 aliphatic rings. The van der Waals surface area contributed by atoms with E-state index in [9.17, 15) is 14.7 Å². The molecule has 0 saturated heterocycles. The standard InChI is InChI=1S/C22H17NO5/c1-12-11-15(24)18(21(25)27-12)17(13-7-3-2-4-8-13)19-20(23)14-9-5-6-10-16(14)28-22(19)26/h2-11,17,24H,23H2,1H3. The molecular weight excluding hydrogens is 358 g/mol. The van der Waals surface area contributed by atoms with Gasteiger partial charge in [-0.3, -0.25) is 0 Å². The summed E-state index contributed by atoms with van der Waals surface area (Å²) in [6.45, 7) is 1.56. The zero-order chi connectivity index (χ0) is 19.8. The largest absolute Gasteiger partial charge is 0.507 e. The molecule has 2 aromatic heterocycles. The van der Waals surface area contributed by atoms with Crippen LogP contribution in [0.3, 0.4) is 0 Å². The lowest BCUT2D eigenvalue weighted by Crippen LogP contribution is -2.22. The third-order valence-corrected chi connectivity index (χ3v) is 4.69. The topological polar surface area (TPSA) is 107 Å². The van der Waals surface area contributed by atoms with Crippen molar-refractivity contribution in [1.29, 1.82) is 0 Å². The molecule has 4 aromatic rings. The van der Waals surface area contributed by atoms with Crippen LogP contribution in [-0.4, -0.2) is 5.11 Å². The van der Waals surface area contributed by atoms with Crippen LogP contribution in [0.2, 0.25) is 0 Å². The van der Waals surface area contributed by atoms with Crippen LogP contribution in [0.15, 0.2) is 79.1 Å². The van der Waals surface area contributed by atoms with E-state index in [2.05, 4.69) is 0 Å². The van der Waals surface area contributed by atoms with E-state index in [1.807, 2.05) is 6.07 Å². The molecule has 1 unspecified atom stereocenters. The molecule has 1 atom stereocenters. The van der Waals surface area contributed by atoms with Gasteiger partial charge in [0.25, 0.3) is 0 Å². The highest BCUT2D eigenvalue weighted by Gasteiger charge is 2.30. The first kappa shape index (κ1) is 17.6. The number of anilines is 1. The van der Waals surface area contributed by atoms with E-state index in [1.165, 1.54) is 6.07 Å². The van der Waals surface area contributed by atoms with Crippen molar-refractivity contribution in [3.05, 3.63) is 104 Å². The van der Waals surface area contributed by atoms with Crippen molar-refractivity contribution >= 4 is 16.7 Å². The second-order valence-corrected chi connectivity index (χ2v) is 6.50. The highest BCUT2D eigenvalue weighted by atomic mass is 16.4. The molecule has 0 bridgehead atoms.